The van der Waals surface area contributed by atoms with E-state index in [-0.39, 0.29) is 11.4 Å². The fraction of sp³-hybridized carbons (Fsp3) is 0.400. The number of hydrogen-bond donors (Lipinski definition) is 6. The van der Waals surface area contributed by atoms with Gasteiger partial charge in [0, 0.05) is 11.8 Å². The van der Waals surface area contributed by atoms with Crippen LogP contribution < -0.4 is 17.0 Å². The van der Waals surface area contributed by atoms with E-state index in [0.717, 1.165) is 0 Å². The number of aliphatic hydroxyl groups is 3. The van der Waals surface area contributed by atoms with Gasteiger partial charge < -0.3 is 30.8 Å². The van der Waals surface area contributed by atoms with Crippen molar-refractivity contribution >= 4 is 17.0 Å². The number of imidazole rings is 1. The summed E-state index contributed by atoms with van der Waals surface area (Å²) in [6.45, 7) is 1.23. The molecule has 0 bridgehead atoms. The van der Waals surface area contributed by atoms with Crippen molar-refractivity contribution < 1.29 is 20.1 Å². The molecule has 1 fully saturated rings. The minimum Gasteiger partial charge on any atom is -0.394 e. The summed E-state index contributed by atoms with van der Waals surface area (Å²) >= 11 is 0. The molecule has 0 spiro atoms. The quantitative estimate of drug-likeness (QED) is 0.267. The van der Waals surface area contributed by atoms with E-state index in [1.165, 1.54) is 23.4 Å². The Labute approximate surface area is 156 Å². The monoisotopic (exact) mass is 393 g/mol. The normalized spacial score (nSPS) is 24.1. The molecule has 4 atom stereocenters. The van der Waals surface area contributed by atoms with Crippen LogP contribution in [0, 0.1) is 6.92 Å². The van der Waals surface area contributed by atoms with Crippen LogP contribution in [0.25, 0.3) is 11.2 Å². The summed E-state index contributed by atoms with van der Waals surface area (Å²) in [4.78, 5) is 37.2. The molecule has 0 aliphatic carbocycles. The smallest absolute Gasteiger partial charge is 0.325 e. The highest BCUT2D eigenvalue weighted by Crippen LogP contribution is 2.31. The first-order chi connectivity index (χ1) is 13.3. The third-order valence-corrected chi connectivity index (χ3v) is 4.18. The van der Waals surface area contributed by atoms with Crippen molar-refractivity contribution in [2.24, 2.45) is 0 Å². The fourth-order valence-corrected chi connectivity index (χ4v) is 2.64. The van der Waals surface area contributed by atoms with Gasteiger partial charge in [-0.05, 0) is 6.92 Å². The molecular weight excluding hydrogens is 374 g/mol. The first kappa shape index (κ1) is 19.6. The zero-order valence-electron chi connectivity index (χ0n) is 14.7. The van der Waals surface area contributed by atoms with Gasteiger partial charge >= 0.3 is 5.69 Å². The lowest BCUT2D eigenvalue weighted by Gasteiger charge is -2.16. The van der Waals surface area contributed by atoms with Gasteiger partial charge in [-0.15, -0.1) is 0 Å². The Kier molecular flexibility index (Phi) is 5.51. The second kappa shape index (κ2) is 7.85. The molecule has 0 unspecified atom stereocenters. The molecule has 0 radical (unpaired) electrons. The van der Waals surface area contributed by atoms with Crippen molar-refractivity contribution in [3.8, 4) is 0 Å². The van der Waals surface area contributed by atoms with Crippen LogP contribution in [-0.2, 0) is 4.74 Å². The van der Waals surface area contributed by atoms with Crippen molar-refractivity contribution in [3.05, 3.63) is 45.3 Å². The second-order valence-electron chi connectivity index (χ2n) is 6.07. The van der Waals surface area contributed by atoms with E-state index in [0.29, 0.717) is 16.7 Å². The number of hydrogen-bond acceptors (Lipinski definition) is 10. The number of aromatic nitrogens is 6. The number of aliphatic hydroxyl groups excluding tert-OH is 3. The number of H-pyrrole nitrogens is 2. The molecule has 4 rings (SSSR count). The van der Waals surface area contributed by atoms with E-state index < -0.39 is 36.8 Å². The number of aromatic amines is 2. The molecule has 0 amide bonds. The highest BCUT2D eigenvalue weighted by molar-refractivity contribution is 5.81. The molecule has 28 heavy (non-hydrogen) atoms. The summed E-state index contributed by atoms with van der Waals surface area (Å²) in [6, 6.07) is 0. The zero-order valence-corrected chi connectivity index (χ0v) is 14.7. The van der Waals surface area contributed by atoms with Crippen LogP contribution in [0.15, 0.2) is 28.4 Å². The van der Waals surface area contributed by atoms with Crippen LogP contribution in [-0.4, -0.2) is 69.7 Å². The Hall–Kier alpha value is -3.13. The SMILES string of the molecule is Cc1c[nH]c(=O)[nH]c1=O.Nc1ncnc2c1ncn2[C@@H]1O[C@H](CO)[C@@H](O)[C@H]1O. The predicted molar refractivity (Wildman–Crippen MR) is 95.2 cm³/mol. The highest BCUT2D eigenvalue weighted by Gasteiger charge is 2.43. The number of fused-ring (bicyclic) bond motifs is 1. The van der Waals surface area contributed by atoms with Gasteiger partial charge in [-0.3, -0.25) is 14.3 Å². The van der Waals surface area contributed by atoms with Gasteiger partial charge in [0.1, 0.15) is 30.2 Å². The molecule has 1 aliphatic rings. The lowest BCUT2D eigenvalue weighted by atomic mass is 10.1. The maximum absolute atomic E-state index is 10.6. The molecule has 3 aromatic rings. The number of ether oxygens (including phenoxy) is 1. The first-order valence-electron chi connectivity index (χ1n) is 8.17. The summed E-state index contributed by atoms with van der Waals surface area (Å²) in [5, 5.41) is 28.7. The van der Waals surface area contributed by atoms with Crippen LogP contribution in [0.5, 0.6) is 0 Å². The maximum Gasteiger partial charge on any atom is 0.325 e. The van der Waals surface area contributed by atoms with E-state index in [4.69, 9.17) is 15.6 Å². The summed E-state index contributed by atoms with van der Waals surface area (Å²) < 4.78 is 6.85. The molecule has 13 heteroatoms. The van der Waals surface area contributed by atoms with Crippen molar-refractivity contribution in [3.63, 3.8) is 0 Å². The van der Waals surface area contributed by atoms with Gasteiger partial charge in [0.15, 0.2) is 17.7 Å². The van der Waals surface area contributed by atoms with Crippen LogP contribution in [0.2, 0.25) is 0 Å². The lowest BCUT2D eigenvalue weighted by molar-refractivity contribution is -0.0511. The van der Waals surface area contributed by atoms with Gasteiger partial charge in [0.2, 0.25) is 0 Å². The second-order valence-corrected chi connectivity index (χ2v) is 6.07. The summed E-state index contributed by atoms with van der Waals surface area (Å²) in [7, 11) is 0. The molecule has 7 N–H and O–H groups in total. The predicted octanol–water partition coefficient (Wildman–Crippen LogP) is -2.61. The van der Waals surface area contributed by atoms with Crippen molar-refractivity contribution in [2.75, 3.05) is 12.3 Å². The summed E-state index contributed by atoms with van der Waals surface area (Å²) in [5.74, 6) is 0.218. The number of nitrogens with zero attached hydrogens (tertiary/aromatic N) is 4. The van der Waals surface area contributed by atoms with E-state index in [2.05, 4.69) is 24.9 Å². The Morgan fingerprint density at radius 1 is 1.25 bits per heavy atom. The minimum atomic E-state index is -1.19. The molecule has 150 valence electrons. The topological polar surface area (TPSA) is 205 Å². The van der Waals surface area contributed by atoms with Crippen molar-refractivity contribution in [2.45, 2.75) is 31.5 Å². The number of rotatable bonds is 2. The van der Waals surface area contributed by atoms with E-state index in [1.807, 2.05) is 0 Å². The Morgan fingerprint density at radius 3 is 2.61 bits per heavy atom. The minimum absolute atomic E-state index is 0.218. The standard InChI is InChI=1S/C10H13N5O4.C5H6N2O2/c11-8-5-9(13-2-12-8)15(3-14-5)10-7(18)6(17)4(1-16)19-10;1-3-2-6-5(9)7-4(3)8/h2-4,6-7,10,16-18H,1H2,(H2,11,12,13);2H,1H3,(H2,6,7,8,9)/t4-,6-,7-,10-;/m1./s1. The Bertz CT molecular complexity index is 1080. The fourth-order valence-electron chi connectivity index (χ4n) is 2.64. The third-order valence-electron chi connectivity index (χ3n) is 4.18. The molecule has 1 saturated heterocycles. The Morgan fingerprint density at radius 2 is 2.00 bits per heavy atom. The van der Waals surface area contributed by atoms with Crippen LogP contribution in [0.1, 0.15) is 11.8 Å². The number of nitrogen functional groups attached to an aromatic ring is 1. The van der Waals surface area contributed by atoms with Gasteiger partial charge in [0.25, 0.3) is 5.56 Å². The van der Waals surface area contributed by atoms with E-state index in [9.17, 15) is 19.8 Å². The Balaban J connectivity index is 0.000000211. The largest absolute Gasteiger partial charge is 0.394 e. The molecule has 1 aliphatic heterocycles. The van der Waals surface area contributed by atoms with Crippen LogP contribution in [0.3, 0.4) is 0 Å². The number of nitrogens with two attached hydrogens (primary N) is 1. The summed E-state index contributed by atoms with van der Waals surface area (Å²) in [6.07, 6.45) is -0.0468. The van der Waals surface area contributed by atoms with Gasteiger partial charge in [-0.1, -0.05) is 0 Å². The number of nitrogens with one attached hydrogen (secondary N) is 2. The average Bonchev–Trinajstić information content (AvgIpc) is 3.22. The van der Waals surface area contributed by atoms with E-state index >= 15 is 0 Å². The molecule has 0 aromatic carbocycles. The molecule has 0 saturated carbocycles. The molecule has 3 aromatic heterocycles. The molecule has 13 nitrogen and oxygen atoms in total. The van der Waals surface area contributed by atoms with Crippen LogP contribution >= 0.6 is 0 Å². The van der Waals surface area contributed by atoms with Crippen molar-refractivity contribution in [1.29, 1.82) is 0 Å². The third kappa shape index (κ3) is 3.63. The maximum atomic E-state index is 10.6. The van der Waals surface area contributed by atoms with Gasteiger partial charge in [-0.25, -0.2) is 19.7 Å². The average molecular weight is 393 g/mol. The molecular formula is C15H19N7O6. The zero-order chi connectivity index (χ0) is 20.4. The van der Waals surface area contributed by atoms with E-state index in [1.54, 1.807) is 6.92 Å². The lowest BCUT2D eigenvalue weighted by Crippen LogP contribution is -2.33. The number of anilines is 1. The summed E-state index contributed by atoms with van der Waals surface area (Å²) in [5.41, 5.74) is 6.15. The number of aryl methyl sites for hydroxylation is 1. The van der Waals surface area contributed by atoms with Crippen LogP contribution in [0.4, 0.5) is 5.82 Å². The highest BCUT2D eigenvalue weighted by atomic mass is 16.6. The van der Waals surface area contributed by atoms with Crippen molar-refractivity contribution in [1.82, 2.24) is 29.5 Å². The first-order valence-corrected chi connectivity index (χ1v) is 8.17. The van der Waals surface area contributed by atoms with Gasteiger partial charge in [0.05, 0.1) is 12.9 Å². The molecule has 4 heterocycles. The van der Waals surface area contributed by atoms with Gasteiger partial charge in [-0.2, -0.15) is 0 Å².